The van der Waals surface area contributed by atoms with Gasteiger partial charge in [0.1, 0.15) is 0 Å². The number of nitrogens with zero attached hydrogens (tertiary/aromatic N) is 2. The Morgan fingerprint density at radius 2 is 1.95 bits per heavy atom. The van der Waals surface area contributed by atoms with Gasteiger partial charge in [0.2, 0.25) is 0 Å². The van der Waals surface area contributed by atoms with E-state index in [-0.39, 0.29) is 0 Å². The normalized spacial score (nSPS) is 30.4. The number of rotatable bonds is 7. The minimum Gasteiger partial charge on any atom is -0.313 e. The molecular weight excluding hydrogens is 246 g/mol. The molecule has 118 valence electrons. The van der Waals surface area contributed by atoms with Gasteiger partial charge < -0.3 is 15.1 Å². The summed E-state index contributed by atoms with van der Waals surface area (Å²) in [6.45, 7) is 14.6. The molecule has 1 aliphatic heterocycles. The van der Waals surface area contributed by atoms with Crippen LogP contribution in [-0.4, -0.2) is 62.2 Å². The zero-order valence-corrected chi connectivity index (χ0v) is 14.1. The highest BCUT2D eigenvalue weighted by atomic mass is 15.2. The molecule has 20 heavy (non-hydrogen) atoms. The van der Waals surface area contributed by atoms with Crippen molar-refractivity contribution < 1.29 is 0 Å². The van der Waals surface area contributed by atoms with Crippen molar-refractivity contribution in [2.75, 3.05) is 46.3 Å². The van der Waals surface area contributed by atoms with Gasteiger partial charge in [-0.15, -0.1) is 0 Å². The van der Waals surface area contributed by atoms with Gasteiger partial charge in [-0.3, -0.25) is 0 Å². The molecule has 0 aromatic carbocycles. The van der Waals surface area contributed by atoms with Crippen LogP contribution in [-0.2, 0) is 0 Å². The van der Waals surface area contributed by atoms with Crippen molar-refractivity contribution in [2.24, 2.45) is 11.3 Å². The van der Waals surface area contributed by atoms with Crippen molar-refractivity contribution in [1.29, 1.82) is 0 Å². The Morgan fingerprint density at radius 3 is 2.60 bits per heavy atom. The summed E-state index contributed by atoms with van der Waals surface area (Å²) in [7, 11) is 2.31. The third-order valence-electron chi connectivity index (χ3n) is 5.44. The van der Waals surface area contributed by atoms with Crippen LogP contribution in [0.5, 0.6) is 0 Å². The summed E-state index contributed by atoms with van der Waals surface area (Å²) in [5.41, 5.74) is 0.469. The van der Waals surface area contributed by atoms with E-state index in [0.29, 0.717) is 11.5 Å². The fraction of sp³-hybridized carbons (Fsp3) is 1.00. The van der Waals surface area contributed by atoms with Gasteiger partial charge in [-0.1, -0.05) is 20.8 Å². The Bertz CT molecular complexity index is 284. The summed E-state index contributed by atoms with van der Waals surface area (Å²) in [5, 5.41) is 3.75. The molecule has 3 heteroatoms. The van der Waals surface area contributed by atoms with Crippen molar-refractivity contribution >= 4 is 0 Å². The van der Waals surface area contributed by atoms with E-state index in [9.17, 15) is 0 Å². The van der Waals surface area contributed by atoms with Crippen LogP contribution in [0.2, 0.25) is 0 Å². The van der Waals surface area contributed by atoms with Gasteiger partial charge in [-0.2, -0.15) is 0 Å². The molecule has 1 saturated heterocycles. The maximum Gasteiger partial charge on any atom is 0.0159 e. The van der Waals surface area contributed by atoms with E-state index in [1.54, 1.807) is 0 Å². The highest BCUT2D eigenvalue weighted by Crippen LogP contribution is 2.41. The van der Waals surface area contributed by atoms with Crippen LogP contribution in [0, 0.1) is 11.3 Å². The van der Waals surface area contributed by atoms with Gasteiger partial charge in [-0.25, -0.2) is 0 Å². The number of likely N-dealkylation sites (tertiary alicyclic amines) is 1. The van der Waals surface area contributed by atoms with Crippen LogP contribution in [0.3, 0.4) is 0 Å². The molecule has 1 aliphatic carbocycles. The Balaban J connectivity index is 1.76. The van der Waals surface area contributed by atoms with Crippen molar-refractivity contribution in [3.63, 3.8) is 0 Å². The Labute approximate surface area is 126 Å². The summed E-state index contributed by atoms with van der Waals surface area (Å²) in [4.78, 5) is 5.19. The van der Waals surface area contributed by atoms with Crippen molar-refractivity contribution in [3.8, 4) is 0 Å². The lowest BCUT2D eigenvalue weighted by molar-refractivity contribution is 0.191. The minimum atomic E-state index is 0.469. The van der Waals surface area contributed by atoms with Gasteiger partial charge in [0.15, 0.2) is 0 Å². The Kier molecular flexibility index (Phi) is 5.88. The average Bonchev–Trinajstić information content (AvgIpc) is 2.99. The number of hydrogen-bond donors (Lipinski definition) is 1. The highest BCUT2D eigenvalue weighted by Gasteiger charge is 2.41. The SMILES string of the molecule is CCNC1C(CN(C)CCN2CCCC2)CCC1(C)C. The van der Waals surface area contributed by atoms with Crippen LogP contribution in [0.4, 0.5) is 0 Å². The zero-order chi connectivity index (χ0) is 14.6. The molecule has 1 heterocycles. The molecule has 0 radical (unpaired) electrons. The molecule has 2 rings (SSSR count). The number of nitrogens with one attached hydrogen (secondary N) is 1. The van der Waals surface area contributed by atoms with E-state index >= 15 is 0 Å². The van der Waals surface area contributed by atoms with Crippen LogP contribution in [0.25, 0.3) is 0 Å². The molecule has 0 aromatic heterocycles. The molecule has 2 atom stereocenters. The fourth-order valence-corrected chi connectivity index (χ4v) is 4.19. The van der Waals surface area contributed by atoms with E-state index in [1.165, 1.54) is 58.4 Å². The topological polar surface area (TPSA) is 18.5 Å². The summed E-state index contributed by atoms with van der Waals surface area (Å²) < 4.78 is 0. The van der Waals surface area contributed by atoms with Gasteiger partial charge in [0, 0.05) is 25.7 Å². The third-order valence-corrected chi connectivity index (χ3v) is 5.44. The largest absolute Gasteiger partial charge is 0.313 e. The Hall–Kier alpha value is -0.120. The predicted octanol–water partition coefficient (Wildman–Crippen LogP) is 2.43. The first-order valence-electron chi connectivity index (χ1n) is 8.67. The summed E-state index contributed by atoms with van der Waals surface area (Å²) in [6.07, 6.45) is 5.57. The molecule has 0 amide bonds. The molecule has 1 N–H and O–H groups in total. The third kappa shape index (κ3) is 4.19. The molecule has 0 spiro atoms. The predicted molar refractivity (Wildman–Crippen MR) is 87.1 cm³/mol. The first-order chi connectivity index (χ1) is 9.53. The van der Waals surface area contributed by atoms with E-state index in [1.807, 2.05) is 0 Å². The standard InChI is InChI=1S/C17H35N3/c1-5-18-16-15(8-9-17(16,2)3)14-19(4)12-13-20-10-6-7-11-20/h15-16,18H,5-14H2,1-4H3. The molecule has 2 aliphatic rings. The molecule has 2 unspecified atom stereocenters. The quantitative estimate of drug-likeness (QED) is 0.773. The molecule has 2 fully saturated rings. The van der Waals surface area contributed by atoms with E-state index < -0.39 is 0 Å². The van der Waals surface area contributed by atoms with Gasteiger partial charge in [0.05, 0.1) is 0 Å². The lowest BCUT2D eigenvalue weighted by atomic mass is 9.84. The number of hydrogen-bond acceptors (Lipinski definition) is 3. The van der Waals surface area contributed by atoms with Crippen LogP contribution >= 0.6 is 0 Å². The lowest BCUT2D eigenvalue weighted by Gasteiger charge is -2.33. The van der Waals surface area contributed by atoms with Crippen LogP contribution < -0.4 is 5.32 Å². The second-order valence-corrected chi connectivity index (χ2v) is 7.63. The maximum atomic E-state index is 3.75. The van der Waals surface area contributed by atoms with Gasteiger partial charge >= 0.3 is 0 Å². The summed E-state index contributed by atoms with van der Waals surface area (Å²) >= 11 is 0. The van der Waals surface area contributed by atoms with Crippen molar-refractivity contribution in [1.82, 2.24) is 15.1 Å². The van der Waals surface area contributed by atoms with Crippen LogP contribution in [0.15, 0.2) is 0 Å². The summed E-state index contributed by atoms with van der Waals surface area (Å²) in [6, 6.07) is 0.696. The van der Waals surface area contributed by atoms with E-state index in [0.717, 1.165) is 12.5 Å². The second-order valence-electron chi connectivity index (χ2n) is 7.63. The first-order valence-corrected chi connectivity index (χ1v) is 8.67. The van der Waals surface area contributed by atoms with Crippen molar-refractivity contribution in [2.45, 2.75) is 52.5 Å². The van der Waals surface area contributed by atoms with Crippen LogP contribution in [0.1, 0.15) is 46.5 Å². The summed E-state index contributed by atoms with van der Waals surface area (Å²) in [5.74, 6) is 0.827. The monoisotopic (exact) mass is 281 g/mol. The molecule has 3 nitrogen and oxygen atoms in total. The van der Waals surface area contributed by atoms with Crippen molar-refractivity contribution in [3.05, 3.63) is 0 Å². The Morgan fingerprint density at radius 1 is 1.25 bits per heavy atom. The maximum absolute atomic E-state index is 3.75. The van der Waals surface area contributed by atoms with Gasteiger partial charge in [-0.05, 0) is 63.7 Å². The molecular formula is C17H35N3. The van der Waals surface area contributed by atoms with Gasteiger partial charge in [0.25, 0.3) is 0 Å². The fourth-order valence-electron chi connectivity index (χ4n) is 4.19. The number of likely N-dealkylation sites (N-methyl/N-ethyl adjacent to an activating group) is 1. The zero-order valence-electron chi connectivity index (χ0n) is 14.1. The first kappa shape index (κ1) is 16.3. The average molecular weight is 281 g/mol. The molecule has 0 aromatic rings. The highest BCUT2D eigenvalue weighted by molar-refractivity contribution is 4.96. The molecule has 1 saturated carbocycles. The smallest absolute Gasteiger partial charge is 0.0159 e. The second kappa shape index (κ2) is 7.24. The van der Waals surface area contributed by atoms with E-state index in [4.69, 9.17) is 0 Å². The molecule has 0 bridgehead atoms. The lowest BCUT2D eigenvalue weighted by Crippen LogP contribution is -2.45. The van der Waals surface area contributed by atoms with E-state index in [2.05, 4.69) is 42.9 Å². The minimum absolute atomic E-state index is 0.469.